The van der Waals surface area contributed by atoms with Gasteiger partial charge in [0.2, 0.25) is 10.0 Å². The first-order chi connectivity index (χ1) is 7.68. The third kappa shape index (κ3) is 3.20. The highest BCUT2D eigenvalue weighted by Crippen LogP contribution is 2.26. The van der Waals surface area contributed by atoms with E-state index in [1.165, 1.54) is 32.1 Å². The molecule has 0 aromatic carbocycles. The van der Waals surface area contributed by atoms with Gasteiger partial charge in [0.15, 0.2) is 0 Å². The van der Waals surface area contributed by atoms with Crippen LogP contribution in [0.3, 0.4) is 0 Å². The third-order valence-electron chi connectivity index (χ3n) is 3.89. The van der Waals surface area contributed by atoms with E-state index in [-0.39, 0.29) is 0 Å². The molecule has 1 saturated heterocycles. The van der Waals surface area contributed by atoms with Gasteiger partial charge in [-0.25, -0.2) is 12.7 Å². The Balaban J connectivity index is 1.95. The summed E-state index contributed by atoms with van der Waals surface area (Å²) < 4.78 is 25.8. The molecule has 0 bridgehead atoms. The second-order valence-electron chi connectivity index (χ2n) is 5.24. The zero-order valence-electron chi connectivity index (χ0n) is 10.0. The van der Waals surface area contributed by atoms with Gasteiger partial charge in [0, 0.05) is 13.1 Å². The van der Waals surface area contributed by atoms with E-state index in [0.717, 1.165) is 32.4 Å². The van der Waals surface area contributed by atoms with E-state index < -0.39 is 10.0 Å². The van der Waals surface area contributed by atoms with Crippen LogP contribution < -0.4 is 0 Å². The largest absolute Gasteiger partial charge is 0.214 e. The average molecular weight is 245 g/mol. The zero-order chi connectivity index (χ0) is 11.4. The fourth-order valence-corrected chi connectivity index (χ4v) is 4.55. The minimum Gasteiger partial charge on any atom is -0.212 e. The van der Waals surface area contributed by atoms with Crippen molar-refractivity contribution >= 4 is 10.0 Å². The van der Waals surface area contributed by atoms with Crippen LogP contribution >= 0.6 is 0 Å². The van der Waals surface area contributed by atoms with Crippen LogP contribution in [0.25, 0.3) is 0 Å². The van der Waals surface area contributed by atoms with Crippen LogP contribution in [0.1, 0.15) is 51.4 Å². The van der Waals surface area contributed by atoms with Crippen LogP contribution in [-0.2, 0) is 10.0 Å². The van der Waals surface area contributed by atoms with Crippen molar-refractivity contribution in [3.05, 3.63) is 0 Å². The fourth-order valence-electron chi connectivity index (χ4n) is 2.88. The Kier molecular flexibility index (Phi) is 4.25. The van der Waals surface area contributed by atoms with E-state index in [4.69, 9.17) is 0 Å². The zero-order valence-corrected chi connectivity index (χ0v) is 10.8. The van der Waals surface area contributed by atoms with E-state index >= 15 is 0 Å². The lowest BCUT2D eigenvalue weighted by Crippen LogP contribution is -2.36. The first-order valence-electron chi connectivity index (χ1n) is 6.66. The smallest absolute Gasteiger partial charge is 0.212 e. The lowest BCUT2D eigenvalue weighted by Gasteiger charge is -2.28. The highest BCUT2D eigenvalue weighted by atomic mass is 32.2. The molecule has 0 amide bonds. The van der Waals surface area contributed by atoms with Crippen LogP contribution in [-0.4, -0.2) is 31.6 Å². The van der Waals surface area contributed by atoms with Gasteiger partial charge in [-0.1, -0.05) is 25.7 Å². The molecular formula is C12H23NO2S. The van der Waals surface area contributed by atoms with Crippen molar-refractivity contribution in [3.8, 4) is 0 Å². The van der Waals surface area contributed by atoms with E-state index in [2.05, 4.69) is 0 Å². The molecule has 3 nitrogen and oxygen atoms in total. The predicted molar refractivity (Wildman–Crippen MR) is 65.8 cm³/mol. The summed E-state index contributed by atoms with van der Waals surface area (Å²) in [7, 11) is -2.93. The van der Waals surface area contributed by atoms with Crippen LogP contribution in [0.5, 0.6) is 0 Å². The van der Waals surface area contributed by atoms with Gasteiger partial charge in [0.25, 0.3) is 0 Å². The van der Waals surface area contributed by atoms with Crippen molar-refractivity contribution in [3.63, 3.8) is 0 Å². The van der Waals surface area contributed by atoms with Gasteiger partial charge in [-0.15, -0.1) is 0 Å². The number of hydrogen-bond donors (Lipinski definition) is 0. The van der Waals surface area contributed by atoms with Crippen molar-refractivity contribution in [1.82, 2.24) is 4.31 Å². The summed E-state index contributed by atoms with van der Waals surface area (Å²) in [6.45, 7) is 1.56. The van der Waals surface area contributed by atoms with Gasteiger partial charge in [0.05, 0.1) is 5.75 Å². The van der Waals surface area contributed by atoms with Gasteiger partial charge in [-0.05, 0) is 31.6 Å². The van der Waals surface area contributed by atoms with Gasteiger partial charge >= 0.3 is 0 Å². The molecule has 0 unspecified atom stereocenters. The molecule has 0 spiro atoms. The quantitative estimate of drug-likeness (QED) is 0.749. The third-order valence-corrected chi connectivity index (χ3v) is 5.81. The minimum absolute atomic E-state index is 0.375. The summed E-state index contributed by atoms with van der Waals surface area (Å²) in [5, 5.41) is 0. The molecule has 1 aliphatic heterocycles. The molecule has 1 aliphatic carbocycles. The monoisotopic (exact) mass is 245 g/mol. The van der Waals surface area contributed by atoms with E-state index in [1.807, 2.05) is 0 Å². The lowest BCUT2D eigenvalue weighted by molar-refractivity contribution is 0.279. The van der Waals surface area contributed by atoms with Crippen LogP contribution in [0.4, 0.5) is 0 Å². The predicted octanol–water partition coefficient (Wildman–Crippen LogP) is 2.38. The summed E-state index contributed by atoms with van der Waals surface area (Å²) in [5.74, 6) is 1.00. The van der Waals surface area contributed by atoms with E-state index in [0.29, 0.717) is 11.7 Å². The summed E-state index contributed by atoms with van der Waals surface area (Å²) >= 11 is 0. The SMILES string of the molecule is O=S1(=O)CCCCCN1CC1CCCCC1. The molecule has 4 heteroatoms. The van der Waals surface area contributed by atoms with Gasteiger partial charge in [-0.3, -0.25) is 0 Å². The summed E-state index contributed by atoms with van der Waals surface area (Å²) in [4.78, 5) is 0. The van der Waals surface area contributed by atoms with Crippen molar-refractivity contribution in [1.29, 1.82) is 0 Å². The maximum atomic E-state index is 12.0. The molecule has 0 aromatic rings. The first kappa shape index (κ1) is 12.4. The van der Waals surface area contributed by atoms with Crippen molar-refractivity contribution in [2.24, 2.45) is 5.92 Å². The molecule has 0 atom stereocenters. The molecular weight excluding hydrogens is 222 g/mol. The summed E-state index contributed by atoms with van der Waals surface area (Å²) in [5.41, 5.74) is 0. The number of rotatable bonds is 2. The van der Waals surface area contributed by atoms with E-state index in [1.54, 1.807) is 4.31 Å². The fraction of sp³-hybridized carbons (Fsp3) is 1.00. The maximum Gasteiger partial charge on any atom is 0.214 e. The minimum atomic E-state index is -2.93. The average Bonchev–Trinajstić information content (AvgIpc) is 2.43. The maximum absolute atomic E-state index is 12.0. The Morgan fingerprint density at radius 2 is 1.62 bits per heavy atom. The normalized spacial score (nSPS) is 28.8. The molecule has 0 N–H and O–H groups in total. The molecule has 1 heterocycles. The second kappa shape index (κ2) is 5.50. The molecule has 16 heavy (non-hydrogen) atoms. The van der Waals surface area contributed by atoms with Crippen molar-refractivity contribution < 1.29 is 8.42 Å². The number of hydrogen-bond acceptors (Lipinski definition) is 2. The van der Waals surface area contributed by atoms with Crippen LogP contribution in [0, 0.1) is 5.92 Å². The van der Waals surface area contributed by atoms with Gasteiger partial charge in [0.1, 0.15) is 0 Å². The number of nitrogens with zero attached hydrogens (tertiary/aromatic N) is 1. The Morgan fingerprint density at radius 3 is 2.38 bits per heavy atom. The Bertz CT molecular complexity index is 307. The second-order valence-corrected chi connectivity index (χ2v) is 7.33. The van der Waals surface area contributed by atoms with Crippen LogP contribution in [0.15, 0.2) is 0 Å². The molecule has 94 valence electrons. The van der Waals surface area contributed by atoms with Crippen molar-refractivity contribution in [2.45, 2.75) is 51.4 Å². The highest BCUT2D eigenvalue weighted by molar-refractivity contribution is 7.89. The molecule has 2 fully saturated rings. The molecule has 1 saturated carbocycles. The molecule has 2 rings (SSSR count). The lowest BCUT2D eigenvalue weighted by atomic mass is 9.89. The molecule has 0 aromatic heterocycles. The topological polar surface area (TPSA) is 37.4 Å². The standard InChI is InChI=1S/C12H23NO2S/c14-16(15)10-6-2-5-9-13(16)11-12-7-3-1-4-8-12/h12H,1-11H2. The Labute approximate surface area is 99.3 Å². The van der Waals surface area contributed by atoms with Gasteiger partial charge in [-0.2, -0.15) is 0 Å². The van der Waals surface area contributed by atoms with E-state index in [9.17, 15) is 8.42 Å². The van der Waals surface area contributed by atoms with Crippen molar-refractivity contribution in [2.75, 3.05) is 18.8 Å². The van der Waals surface area contributed by atoms with Crippen LogP contribution in [0.2, 0.25) is 0 Å². The highest BCUT2D eigenvalue weighted by Gasteiger charge is 2.27. The Morgan fingerprint density at radius 1 is 0.938 bits per heavy atom. The Hall–Kier alpha value is -0.0900. The van der Waals surface area contributed by atoms with Gasteiger partial charge < -0.3 is 0 Å². The summed E-state index contributed by atoms with van der Waals surface area (Å²) in [6.07, 6.45) is 9.34. The first-order valence-corrected chi connectivity index (χ1v) is 8.27. The summed E-state index contributed by atoms with van der Waals surface area (Å²) in [6, 6.07) is 0. The molecule has 2 aliphatic rings. The molecule has 0 radical (unpaired) electrons. The number of sulfonamides is 1.